The summed E-state index contributed by atoms with van der Waals surface area (Å²) < 4.78 is 186. The van der Waals surface area contributed by atoms with Crippen molar-refractivity contribution >= 4 is 17.6 Å². The monoisotopic (exact) mass is 825 g/mol. The van der Waals surface area contributed by atoms with Crippen LogP contribution >= 0.6 is 0 Å². The van der Waals surface area contributed by atoms with Gasteiger partial charge < -0.3 is 14.8 Å². The summed E-state index contributed by atoms with van der Waals surface area (Å²) in [6.07, 6.45) is -11.7. The number of ether oxygens (including phenoxy) is 2. The topological polar surface area (TPSA) is 111 Å². The average molecular weight is 826 g/mol. The van der Waals surface area contributed by atoms with Crippen molar-refractivity contribution in [3.8, 4) is 0 Å². The number of dihydropyridines is 1. The zero-order valence-electron chi connectivity index (χ0n) is 29.3. The first-order valence-electron chi connectivity index (χ1n) is 16.1. The maximum absolute atomic E-state index is 14.3. The van der Waals surface area contributed by atoms with Gasteiger partial charge in [-0.2, -0.15) is 57.1 Å². The largest absolute Gasteiger partial charge is 0.462 e. The fourth-order valence-electron chi connectivity index (χ4n) is 5.53. The third-order valence-corrected chi connectivity index (χ3v) is 8.48. The van der Waals surface area contributed by atoms with Gasteiger partial charge in [-0.1, -0.05) is 42.5 Å². The lowest BCUT2D eigenvalue weighted by molar-refractivity contribution is -0.440. The molecule has 0 amide bonds. The lowest BCUT2D eigenvalue weighted by Gasteiger charge is -2.39. The Kier molecular flexibility index (Phi) is 13.6. The molecule has 310 valence electrons. The van der Waals surface area contributed by atoms with E-state index in [1.807, 2.05) is 30.3 Å². The normalized spacial score (nSPS) is 16.2. The van der Waals surface area contributed by atoms with E-state index in [0.29, 0.717) is 6.54 Å². The van der Waals surface area contributed by atoms with E-state index in [9.17, 15) is 76.8 Å². The number of esters is 2. The number of non-ortho nitro benzene ring substituents is 1. The fraction of sp³-hybridized carbons (Fsp3) is 0.471. The molecule has 1 N–H and O–H groups in total. The summed E-state index contributed by atoms with van der Waals surface area (Å²) in [5.74, 6) is -41.8. The number of hydrogen-bond acceptors (Lipinski definition) is 8. The molecule has 9 nitrogen and oxygen atoms in total. The molecular weight excluding hydrogens is 793 g/mol. The molecule has 56 heavy (non-hydrogen) atoms. The summed E-state index contributed by atoms with van der Waals surface area (Å²) in [5, 5.41) is 14.3. The zero-order valence-corrected chi connectivity index (χ0v) is 29.3. The van der Waals surface area contributed by atoms with Gasteiger partial charge in [0, 0.05) is 43.0 Å². The Morgan fingerprint density at radius 3 is 1.79 bits per heavy atom. The molecule has 0 bridgehead atoms. The fourth-order valence-corrected chi connectivity index (χ4v) is 5.53. The second kappa shape index (κ2) is 16.7. The number of allylic oxidation sites excluding steroid dienone is 2. The second-order valence-electron chi connectivity index (χ2n) is 12.6. The van der Waals surface area contributed by atoms with E-state index in [0.717, 1.165) is 17.7 Å². The zero-order chi connectivity index (χ0) is 42.7. The smallest absolute Gasteiger partial charge is 0.460 e. The number of halogens is 13. The van der Waals surface area contributed by atoms with Gasteiger partial charge in [0.15, 0.2) is 0 Å². The van der Waals surface area contributed by atoms with Crippen LogP contribution in [0.4, 0.5) is 62.8 Å². The van der Waals surface area contributed by atoms with Crippen molar-refractivity contribution in [2.24, 2.45) is 0 Å². The van der Waals surface area contributed by atoms with Crippen molar-refractivity contribution < 1.29 is 81.1 Å². The molecule has 0 fully saturated rings. The van der Waals surface area contributed by atoms with Crippen molar-refractivity contribution in [3.63, 3.8) is 0 Å². The number of nitro groups is 1. The number of carbonyl (C=O) groups excluding carboxylic acids is 2. The van der Waals surface area contributed by atoms with Crippen molar-refractivity contribution in [3.05, 3.63) is 98.4 Å². The van der Waals surface area contributed by atoms with Gasteiger partial charge in [0.2, 0.25) is 0 Å². The minimum atomic E-state index is -8.06. The van der Waals surface area contributed by atoms with E-state index in [-0.39, 0.29) is 35.7 Å². The van der Waals surface area contributed by atoms with Crippen molar-refractivity contribution in [2.45, 2.75) is 74.9 Å². The summed E-state index contributed by atoms with van der Waals surface area (Å²) in [4.78, 5) is 39.5. The Morgan fingerprint density at radius 2 is 1.27 bits per heavy atom. The molecule has 1 unspecified atom stereocenters. The lowest BCUT2D eigenvalue weighted by atomic mass is 9.80. The number of likely N-dealkylation sites (N-methyl/N-ethyl adjacent to an activating group) is 1. The minimum absolute atomic E-state index is 0.0777. The molecule has 3 rings (SSSR count). The number of nitrogens with zero attached hydrogens (tertiary/aromatic N) is 2. The summed E-state index contributed by atoms with van der Waals surface area (Å²) in [5.41, 5.74) is -0.474. The molecule has 1 aliphatic heterocycles. The quantitative estimate of drug-likeness (QED) is 0.0556. The summed E-state index contributed by atoms with van der Waals surface area (Å²) in [6.45, 7) is 1.69. The summed E-state index contributed by atoms with van der Waals surface area (Å²) in [7, 11) is 1.73. The number of carbonyl (C=O) groups is 2. The number of nitro benzene ring substituents is 1. The first-order valence-corrected chi connectivity index (χ1v) is 16.1. The molecule has 2 aromatic carbocycles. The molecule has 0 aromatic heterocycles. The predicted octanol–water partition coefficient (Wildman–Crippen LogP) is 8.57. The van der Waals surface area contributed by atoms with Gasteiger partial charge in [-0.25, -0.2) is 9.59 Å². The molecule has 0 radical (unpaired) electrons. The second-order valence-corrected chi connectivity index (χ2v) is 12.6. The van der Waals surface area contributed by atoms with Gasteiger partial charge in [0.05, 0.1) is 28.6 Å². The van der Waals surface area contributed by atoms with E-state index in [1.165, 1.54) is 26.0 Å². The van der Waals surface area contributed by atoms with Gasteiger partial charge in [-0.05, 0) is 38.4 Å². The number of hydrogen-bond donors (Lipinski definition) is 1. The molecule has 0 spiro atoms. The maximum Gasteiger partial charge on any atom is 0.460 e. The molecule has 0 saturated carbocycles. The van der Waals surface area contributed by atoms with Crippen molar-refractivity contribution in [2.75, 3.05) is 26.8 Å². The van der Waals surface area contributed by atoms with E-state index >= 15 is 0 Å². The summed E-state index contributed by atoms with van der Waals surface area (Å²) >= 11 is 0. The van der Waals surface area contributed by atoms with E-state index in [2.05, 4.69) is 5.32 Å². The van der Waals surface area contributed by atoms with Crippen molar-refractivity contribution in [1.29, 1.82) is 0 Å². The first-order chi connectivity index (χ1) is 25.6. The Hall–Kier alpha value is -4.89. The Morgan fingerprint density at radius 1 is 0.750 bits per heavy atom. The van der Waals surface area contributed by atoms with E-state index in [4.69, 9.17) is 9.47 Å². The van der Waals surface area contributed by atoms with Crippen molar-refractivity contribution in [1.82, 2.24) is 10.2 Å². The highest BCUT2D eigenvalue weighted by Gasteiger charge is 2.90. The van der Waals surface area contributed by atoms with Crippen LogP contribution < -0.4 is 5.32 Å². The van der Waals surface area contributed by atoms with Crippen LogP contribution in [0.2, 0.25) is 0 Å². The molecule has 1 atom stereocenters. The van der Waals surface area contributed by atoms with Crippen LogP contribution in [0.1, 0.15) is 43.7 Å². The predicted molar refractivity (Wildman–Crippen MR) is 169 cm³/mol. The standard InChI is InChI=1S/C34H32F13N3O6/c1-19-24(27(51)55-15-8-13-29(35,36)30(37,38)31(39,40)32(41,42)33(43,44)34(45,46)47)26(22-11-7-12-23(17-22)50(53)54)25(20(2)48-19)28(52)56-16-14-49(3)18-21-9-5-4-6-10-21/h4-7,9-12,17,26,48H,8,13-16,18H2,1-3H3. The van der Waals surface area contributed by atoms with E-state index in [1.54, 1.807) is 11.9 Å². The molecule has 1 aliphatic rings. The maximum atomic E-state index is 14.3. The van der Waals surface area contributed by atoms with Crippen LogP contribution in [-0.4, -0.2) is 84.4 Å². The highest BCUT2D eigenvalue weighted by molar-refractivity contribution is 6.00. The Balaban J connectivity index is 1.83. The molecule has 0 saturated heterocycles. The molecule has 22 heteroatoms. The summed E-state index contributed by atoms with van der Waals surface area (Å²) in [6, 6.07) is 13.7. The number of nitrogens with one attached hydrogen (secondary N) is 1. The van der Waals surface area contributed by atoms with Crippen LogP contribution in [0.3, 0.4) is 0 Å². The van der Waals surface area contributed by atoms with Crippen LogP contribution in [0.5, 0.6) is 0 Å². The molecule has 1 heterocycles. The average Bonchev–Trinajstić information content (AvgIpc) is 3.09. The SMILES string of the molecule is CC1=C(C(=O)OCCCC(F)(F)C(F)(F)C(F)(F)C(F)(F)C(F)(F)C(F)(F)F)C(c2cccc([N+](=O)[O-])c2)C(C(=O)OCCN(C)Cc2ccccc2)=C(C)N1. The van der Waals surface area contributed by atoms with Gasteiger partial charge in [0.25, 0.3) is 5.69 Å². The minimum Gasteiger partial charge on any atom is -0.462 e. The van der Waals surface area contributed by atoms with Crippen LogP contribution in [0.15, 0.2) is 77.1 Å². The first kappa shape index (κ1) is 45.5. The molecular formula is C34H32F13N3O6. The third kappa shape index (κ3) is 9.04. The molecule has 2 aromatic rings. The highest BCUT2D eigenvalue weighted by atomic mass is 19.4. The van der Waals surface area contributed by atoms with Crippen LogP contribution in [0.25, 0.3) is 0 Å². The van der Waals surface area contributed by atoms with Gasteiger partial charge in [-0.15, -0.1) is 0 Å². The van der Waals surface area contributed by atoms with E-state index < -0.39 is 89.3 Å². The lowest BCUT2D eigenvalue weighted by Crippen LogP contribution is -2.70. The van der Waals surface area contributed by atoms with Crippen LogP contribution in [0, 0.1) is 10.1 Å². The Bertz CT molecular complexity index is 1830. The van der Waals surface area contributed by atoms with Gasteiger partial charge >= 0.3 is 47.7 Å². The number of rotatable bonds is 17. The van der Waals surface area contributed by atoms with Gasteiger partial charge in [0.1, 0.15) is 6.61 Å². The third-order valence-electron chi connectivity index (χ3n) is 8.48. The highest BCUT2D eigenvalue weighted by Crippen LogP contribution is 2.60. The Labute approximate surface area is 309 Å². The van der Waals surface area contributed by atoms with Gasteiger partial charge in [-0.3, -0.25) is 15.0 Å². The number of alkyl halides is 13. The molecule has 0 aliphatic carbocycles. The number of benzene rings is 2. The van der Waals surface area contributed by atoms with Crippen LogP contribution in [-0.2, 0) is 25.6 Å².